The molecule has 2 aliphatic heterocycles. The summed E-state index contributed by atoms with van der Waals surface area (Å²) in [7, 11) is -3.05. The van der Waals surface area contributed by atoms with E-state index in [4.69, 9.17) is 0 Å². The van der Waals surface area contributed by atoms with Crippen LogP contribution in [0.4, 0.5) is 0 Å². The van der Waals surface area contributed by atoms with Crippen LogP contribution in [0.15, 0.2) is 18.5 Å². The number of amides is 2. The Morgan fingerprint density at radius 1 is 1.12 bits per heavy atom. The first-order valence-corrected chi connectivity index (χ1v) is 10.0. The van der Waals surface area contributed by atoms with Gasteiger partial charge in [-0.05, 0) is 31.7 Å². The second-order valence-electron chi connectivity index (χ2n) is 6.39. The fraction of sp³-hybridized carbons (Fsp3) is 0.562. The molecule has 3 rings (SSSR count). The lowest BCUT2D eigenvalue weighted by Gasteiger charge is -2.26. The van der Waals surface area contributed by atoms with Gasteiger partial charge in [0.25, 0.3) is 11.8 Å². The van der Waals surface area contributed by atoms with Crippen molar-refractivity contribution >= 4 is 21.7 Å². The minimum atomic E-state index is -3.05. The van der Waals surface area contributed by atoms with Crippen molar-refractivity contribution in [1.82, 2.24) is 15.2 Å². The monoisotopic (exact) mass is 351 g/mol. The highest BCUT2D eigenvalue weighted by Crippen LogP contribution is 2.15. The molecule has 1 N–H and O–H groups in total. The molecule has 0 saturated carbocycles. The summed E-state index contributed by atoms with van der Waals surface area (Å²) in [6, 6.07) is 1.16. The highest BCUT2D eigenvalue weighted by atomic mass is 32.2. The van der Waals surface area contributed by atoms with Gasteiger partial charge in [0.15, 0.2) is 9.84 Å². The van der Waals surface area contributed by atoms with Gasteiger partial charge < -0.3 is 10.2 Å². The Kier molecular flexibility index (Phi) is 4.84. The van der Waals surface area contributed by atoms with E-state index in [0.29, 0.717) is 12.0 Å². The van der Waals surface area contributed by atoms with Crippen LogP contribution in [0.3, 0.4) is 0 Å². The zero-order chi connectivity index (χ0) is 17.2. The van der Waals surface area contributed by atoms with Gasteiger partial charge in [0, 0.05) is 31.5 Å². The van der Waals surface area contributed by atoms with Gasteiger partial charge in [-0.15, -0.1) is 0 Å². The predicted octanol–water partition coefficient (Wildman–Crippen LogP) is 0.625. The Morgan fingerprint density at radius 2 is 1.83 bits per heavy atom. The third kappa shape index (κ3) is 3.92. The lowest BCUT2D eigenvalue weighted by atomic mass is 10.1. The van der Waals surface area contributed by atoms with Crippen LogP contribution in [0.5, 0.6) is 0 Å². The number of piperidine rings is 1. The first-order valence-electron chi connectivity index (χ1n) is 8.20. The molecule has 130 valence electrons. The molecule has 0 radical (unpaired) electrons. The number of aromatic nitrogens is 1. The molecule has 2 fully saturated rings. The Bertz CT molecular complexity index is 741. The quantitative estimate of drug-likeness (QED) is 0.861. The third-order valence-electron chi connectivity index (χ3n) is 4.46. The van der Waals surface area contributed by atoms with Gasteiger partial charge in [-0.25, -0.2) is 8.42 Å². The van der Waals surface area contributed by atoms with Crippen molar-refractivity contribution in [2.45, 2.75) is 31.7 Å². The number of pyridine rings is 1. The molecule has 2 aliphatic rings. The fourth-order valence-electron chi connectivity index (χ4n) is 3.14. The number of likely N-dealkylation sites (tertiary alicyclic amines) is 1. The second kappa shape index (κ2) is 6.88. The van der Waals surface area contributed by atoms with Crippen LogP contribution >= 0.6 is 0 Å². The summed E-state index contributed by atoms with van der Waals surface area (Å²) in [6.07, 6.45) is 6.41. The SMILES string of the molecule is O=C(NC1CCS(=O)(=O)C1)c1cncc(C(=O)N2CCCCC2)c1. The maximum atomic E-state index is 12.5. The molecule has 7 nitrogen and oxygen atoms in total. The molecular formula is C16H21N3O4S. The number of carbonyl (C=O) groups is 2. The van der Waals surface area contributed by atoms with Crippen LogP contribution in [0.2, 0.25) is 0 Å². The molecule has 0 bridgehead atoms. The van der Waals surface area contributed by atoms with Gasteiger partial charge in [-0.2, -0.15) is 0 Å². The van der Waals surface area contributed by atoms with Crippen LogP contribution in [-0.2, 0) is 9.84 Å². The molecule has 0 aliphatic carbocycles. The minimum absolute atomic E-state index is 0.0292. The lowest BCUT2D eigenvalue weighted by molar-refractivity contribution is 0.0724. The van der Waals surface area contributed by atoms with Gasteiger partial charge in [-0.3, -0.25) is 14.6 Å². The topological polar surface area (TPSA) is 96.4 Å². The van der Waals surface area contributed by atoms with Crippen LogP contribution in [-0.4, -0.2) is 60.8 Å². The number of rotatable bonds is 3. The van der Waals surface area contributed by atoms with Crippen LogP contribution in [0.25, 0.3) is 0 Å². The highest BCUT2D eigenvalue weighted by molar-refractivity contribution is 7.91. The van der Waals surface area contributed by atoms with E-state index in [1.54, 1.807) is 4.90 Å². The minimum Gasteiger partial charge on any atom is -0.348 e. The predicted molar refractivity (Wildman–Crippen MR) is 88.5 cm³/mol. The Morgan fingerprint density at radius 3 is 2.50 bits per heavy atom. The average molecular weight is 351 g/mol. The number of nitrogens with zero attached hydrogens (tertiary/aromatic N) is 2. The Labute approximate surface area is 141 Å². The largest absolute Gasteiger partial charge is 0.348 e. The van der Waals surface area contributed by atoms with Crippen LogP contribution in [0.1, 0.15) is 46.4 Å². The second-order valence-corrected chi connectivity index (χ2v) is 8.62. The Balaban J connectivity index is 1.68. The van der Waals surface area contributed by atoms with E-state index < -0.39 is 15.7 Å². The average Bonchev–Trinajstić information content (AvgIpc) is 2.93. The van der Waals surface area contributed by atoms with E-state index in [1.807, 2.05) is 0 Å². The maximum absolute atomic E-state index is 12.5. The van der Waals surface area contributed by atoms with Gasteiger partial charge >= 0.3 is 0 Å². The smallest absolute Gasteiger partial charge is 0.255 e. The van der Waals surface area contributed by atoms with Crippen molar-refractivity contribution in [3.63, 3.8) is 0 Å². The van der Waals surface area contributed by atoms with Gasteiger partial charge in [-0.1, -0.05) is 0 Å². The molecule has 1 unspecified atom stereocenters. The van der Waals surface area contributed by atoms with Crippen molar-refractivity contribution < 1.29 is 18.0 Å². The molecule has 0 spiro atoms. The van der Waals surface area contributed by atoms with E-state index in [2.05, 4.69) is 10.3 Å². The first kappa shape index (κ1) is 16.9. The van der Waals surface area contributed by atoms with Crippen molar-refractivity contribution in [1.29, 1.82) is 0 Å². The third-order valence-corrected chi connectivity index (χ3v) is 6.23. The summed E-state index contributed by atoms with van der Waals surface area (Å²) < 4.78 is 22.9. The molecule has 8 heteroatoms. The fourth-order valence-corrected chi connectivity index (χ4v) is 4.81. The highest BCUT2D eigenvalue weighted by Gasteiger charge is 2.29. The standard InChI is InChI=1S/C16H21N3O4S/c20-15(18-14-4-7-24(22,23)11-14)12-8-13(10-17-9-12)16(21)19-5-2-1-3-6-19/h8-10,14H,1-7,11H2,(H,18,20). The molecule has 1 atom stereocenters. The number of carbonyl (C=O) groups excluding carboxylic acids is 2. The number of nitrogens with one attached hydrogen (secondary N) is 1. The number of hydrogen-bond donors (Lipinski definition) is 1. The van der Waals surface area contributed by atoms with Crippen LogP contribution in [0, 0.1) is 0 Å². The summed E-state index contributed by atoms with van der Waals surface area (Å²) in [6.45, 7) is 1.46. The van der Waals surface area contributed by atoms with Gasteiger partial charge in [0.1, 0.15) is 0 Å². The summed E-state index contributed by atoms with van der Waals surface area (Å²) in [4.78, 5) is 30.6. The molecule has 3 heterocycles. The van der Waals surface area contributed by atoms with E-state index in [9.17, 15) is 18.0 Å². The lowest BCUT2D eigenvalue weighted by Crippen LogP contribution is -2.37. The summed E-state index contributed by atoms with van der Waals surface area (Å²) in [5, 5.41) is 2.71. The van der Waals surface area contributed by atoms with Crippen molar-refractivity contribution in [2.24, 2.45) is 0 Å². The molecule has 1 aromatic heterocycles. The van der Waals surface area contributed by atoms with Crippen molar-refractivity contribution in [2.75, 3.05) is 24.6 Å². The zero-order valence-electron chi connectivity index (χ0n) is 13.4. The van der Waals surface area contributed by atoms with Crippen molar-refractivity contribution in [3.05, 3.63) is 29.6 Å². The van der Waals surface area contributed by atoms with E-state index in [0.717, 1.165) is 32.4 Å². The Hall–Kier alpha value is -1.96. The number of hydrogen-bond acceptors (Lipinski definition) is 5. The van der Waals surface area contributed by atoms with Gasteiger partial charge in [0.05, 0.1) is 22.6 Å². The summed E-state index contributed by atoms with van der Waals surface area (Å²) in [5.41, 5.74) is 0.672. The normalized spacial score (nSPS) is 23.0. The molecule has 0 aromatic carbocycles. The van der Waals surface area contributed by atoms with E-state index in [1.165, 1.54) is 18.5 Å². The van der Waals surface area contributed by atoms with Crippen molar-refractivity contribution in [3.8, 4) is 0 Å². The van der Waals surface area contributed by atoms with Crippen LogP contribution < -0.4 is 5.32 Å². The summed E-state index contributed by atoms with van der Waals surface area (Å²) in [5.74, 6) is -0.430. The van der Waals surface area contributed by atoms with E-state index in [-0.39, 0.29) is 29.0 Å². The zero-order valence-corrected chi connectivity index (χ0v) is 14.2. The van der Waals surface area contributed by atoms with Gasteiger partial charge in [0.2, 0.25) is 0 Å². The number of sulfone groups is 1. The van der Waals surface area contributed by atoms with E-state index >= 15 is 0 Å². The molecular weight excluding hydrogens is 330 g/mol. The first-order chi connectivity index (χ1) is 11.4. The molecule has 2 saturated heterocycles. The molecule has 1 aromatic rings. The maximum Gasteiger partial charge on any atom is 0.255 e. The molecule has 24 heavy (non-hydrogen) atoms. The summed E-state index contributed by atoms with van der Waals surface area (Å²) >= 11 is 0. The molecule has 2 amide bonds.